The summed E-state index contributed by atoms with van der Waals surface area (Å²) < 4.78 is 26.2. The molecule has 2 aliphatic heterocycles. The number of hydrogen-bond donors (Lipinski definition) is 0. The van der Waals surface area contributed by atoms with Gasteiger partial charge in [-0.2, -0.15) is 0 Å². The number of ether oxygens (including phenoxy) is 4. The Kier molecular flexibility index (Phi) is 4.38. The van der Waals surface area contributed by atoms with Crippen molar-refractivity contribution in [2.24, 2.45) is 23.2 Å². The van der Waals surface area contributed by atoms with Crippen LogP contribution < -0.4 is 0 Å². The van der Waals surface area contributed by atoms with Crippen LogP contribution in [-0.4, -0.2) is 38.0 Å². The van der Waals surface area contributed by atoms with Crippen LogP contribution in [0.4, 0.5) is 0 Å². The van der Waals surface area contributed by atoms with Gasteiger partial charge in [-0.1, -0.05) is 60.9 Å². The Morgan fingerprint density at radius 2 is 1.66 bits per heavy atom. The Morgan fingerprint density at radius 1 is 0.906 bits per heavy atom. The summed E-state index contributed by atoms with van der Waals surface area (Å²) in [5.41, 5.74) is 6.15. The van der Waals surface area contributed by atoms with Crippen LogP contribution in [-0.2, 0) is 18.9 Å². The van der Waals surface area contributed by atoms with Crippen molar-refractivity contribution in [1.29, 1.82) is 0 Å². The highest BCUT2D eigenvalue weighted by Crippen LogP contribution is 2.71. The van der Waals surface area contributed by atoms with E-state index >= 15 is 0 Å². The number of fused-ring (bicyclic) bond motifs is 5. The van der Waals surface area contributed by atoms with E-state index in [-0.39, 0.29) is 5.41 Å². The number of allylic oxidation sites excluding steroid dienone is 4. The summed E-state index contributed by atoms with van der Waals surface area (Å²) in [5, 5.41) is 0. The molecule has 6 aliphatic rings. The van der Waals surface area contributed by atoms with E-state index in [1.165, 1.54) is 31.2 Å². The molecule has 0 radical (unpaired) electrons. The van der Waals surface area contributed by atoms with Crippen LogP contribution in [0, 0.1) is 23.2 Å². The quantitative estimate of drug-likeness (QED) is 0.548. The molecule has 0 N–H and O–H groups in total. The Hall–Kier alpha value is -1.46. The topological polar surface area (TPSA) is 36.9 Å². The van der Waals surface area contributed by atoms with Gasteiger partial charge in [-0.05, 0) is 55.1 Å². The molecule has 0 spiro atoms. The minimum absolute atomic E-state index is 0.187. The van der Waals surface area contributed by atoms with Crippen molar-refractivity contribution < 1.29 is 18.9 Å². The molecule has 2 saturated carbocycles. The summed E-state index contributed by atoms with van der Waals surface area (Å²) in [6.07, 6.45) is 10.8. The molecule has 4 atom stereocenters. The molecule has 0 unspecified atom stereocenters. The summed E-state index contributed by atoms with van der Waals surface area (Å²) >= 11 is 0. The van der Waals surface area contributed by atoms with Gasteiger partial charge in [0, 0.05) is 17.8 Å². The van der Waals surface area contributed by atoms with E-state index in [2.05, 4.69) is 43.3 Å². The lowest BCUT2D eigenvalue weighted by molar-refractivity contribution is -0.472. The fraction of sp³-hybridized carbons (Fsp3) is 0.643. The molecule has 7 rings (SSSR count). The highest BCUT2D eigenvalue weighted by atomic mass is 16.8. The third kappa shape index (κ3) is 2.42. The highest BCUT2D eigenvalue weighted by Gasteiger charge is 2.78. The number of hydrogen-bond acceptors (Lipinski definition) is 4. The van der Waals surface area contributed by atoms with E-state index in [4.69, 9.17) is 18.9 Å². The molecule has 0 amide bonds. The lowest BCUT2D eigenvalue weighted by atomic mass is 9.54. The second-order valence-corrected chi connectivity index (χ2v) is 10.9. The predicted molar refractivity (Wildman–Crippen MR) is 122 cm³/mol. The van der Waals surface area contributed by atoms with Gasteiger partial charge in [0.1, 0.15) is 0 Å². The van der Waals surface area contributed by atoms with Crippen LogP contribution in [0.15, 0.2) is 47.6 Å². The maximum absolute atomic E-state index is 6.62. The van der Waals surface area contributed by atoms with Crippen molar-refractivity contribution in [2.45, 2.75) is 63.4 Å². The number of benzene rings is 1. The molecule has 170 valence electrons. The molecule has 4 aliphatic carbocycles. The minimum Gasteiger partial charge on any atom is -0.343 e. The van der Waals surface area contributed by atoms with Crippen LogP contribution in [0.3, 0.4) is 0 Å². The molecule has 2 saturated heterocycles. The Labute approximate surface area is 191 Å². The van der Waals surface area contributed by atoms with Crippen molar-refractivity contribution in [3.63, 3.8) is 0 Å². The first-order valence-electron chi connectivity index (χ1n) is 12.7. The van der Waals surface area contributed by atoms with Crippen LogP contribution >= 0.6 is 0 Å². The lowest BCUT2D eigenvalue weighted by Crippen LogP contribution is -2.69. The van der Waals surface area contributed by atoms with Gasteiger partial charge in [0.25, 0.3) is 0 Å². The molecule has 0 bridgehead atoms. The van der Waals surface area contributed by atoms with Gasteiger partial charge in [0.15, 0.2) is 0 Å². The summed E-state index contributed by atoms with van der Waals surface area (Å²) in [6.45, 7) is 4.71. The van der Waals surface area contributed by atoms with E-state index in [9.17, 15) is 0 Å². The molecule has 1 aromatic rings. The highest BCUT2D eigenvalue weighted by molar-refractivity contribution is 5.73. The first-order valence-corrected chi connectivity index (χ1v) is 12.7. The van der Waals surface area contributed by atoms with E-state index in [0.29, 0.717) is 44.2 Å². The summed E-state index contributed by atoms with van der Waals surface area (Å²) in [5.74, 6) is -0.0286. The molecule has 2 heterocycles. The standard InChI is InChI=1S/C28H34O4/c1-26-17-23(19-7-3-2-4-8-19)25-21-10-6-5-9-20(21)11-12-22(25)24(26)18-27-28(26,31-15-13-29-27)32-16-14-30-27/h2-4,7-8,11,21-22,24H,5-6,9-10,12-18H2,1H3/t21-,22-,24-,26-,27?,28?/m0/s1. The number of rotatable bonds is 1. The maximum atomic E-state index is 6.62. The van der Waals surface area contributed by atoms with Crippen LogP contribution in [0.5, 0.6) is 0 Å². The maximum Gasteiger partial charge on any atom is 0.230 e. The molecule has 4 fully saturated rings. The van der Waals surface area contributed by atoms with Gasteiger partial charge in [-0.3, -0.25) is 0 Å². The van der Waals surface area contributed by atoms with E-state index < -0.39 is 11.6 Å². The monoisotopic (exact) mass is 434 g/mol. The van der Waals surface area contributed by atoms with Crippen LogP contribution in [0.2, 0.25) is 0 Å². The average molecular weight is 435 g/mol. The van der Waals surface area contributed by atoms with Crippen molar-refractivity contribution in [1.82, 2.24) is 0 Å². The molecule has 0 aromatic heterocycles. The van der Waals surface area contributed by atoms with E-state index in [1.807, 2.05) is 0 Å². The summed E-state index contributed by atoms with van der Waals surface area (Å²) in [4.78, 5) is 0. The first kappa shape index (κ1) is 20.0. The molecular formula is C28H34O4. The average Bonchev–Trinajstić information content (AvgIpc) is 3.10. The zero-order valence-corrected chi connectivity index (χ0v) is 19.1. The van der Waals surface area contributed by atoms with Gasteiger partial charge >= 0.3 is 0 Å². The van der Waals surface area contributed by atoms with Crippen molar-refractivity contribution in [3.8, 4) is 0 Å². The van der Waals surface area contributed by atoms with E-state index in [0.717, 1.165) is 19.3 Å². The lowest BCUT2D eigenvalue weighted by Gasteiger charge is -2.57. The zero-order chi connectivity index (χ0) is 21.4. The van der Waals surface area contributed by atoms with Crippen LogP contribution in [0.25, 0.3) is 5.57 Å². The molecule has 32 heavy (non-hydrogen) atoms. The fourth-order valence-corrected chi connectivity index (χ4v) is 8.38. The normalized spacial score (nSPS) is 45.2. The summed E-state index contributed by atoms with van der Waals surface area (Å²) in [6, 6.07) is 11.1. The van der Waals surface area contributed by atoms with Crippen molar-refractivity contribution in [3.05, 3.63) is 53.1 Å². The predicted octanol–water partition coefficient (Wildman–Crippen LogP) is 5.49. The second-order valence-electron chi connectivity index (χ2n) is 10.9. The molecule has 4 heteroatoms. The fourth-order valence-electron chi connectivity index (χ4n) is 8.38. The Balaban J connectivity index is 1.43. The van der Waals surface area contributed by atoms with Gasteiger partial charge in [-0.25, -0.2) is 0 Å². The summed E-state index contributed by atoms with van der Waals surface area (Å²) in [7, 11) is 0. The van der Waals surface area contributed by atoms with Crippen LogP contribution in [0.1, 0.15) is 57.4 Å². The molecular weight excluding hydrogens is 400 g/mol. The zero-order valence-electron chi connectivity index (χ0n) is 19.1. The van der Waals surface area contributed by atoms with E-state index in [1.54, 1.807) is 16.7 Å². The third-order valence-corrected chi connectivity index (χ3v) is 9.57. The van der Waals surface area contributed by atoms with Gasteiger partial charge < -0.3 is 18.9 Å². The van der Waals surface area contributed by atoms with Crippen molar-refractivity contribution >= 4 is 5.57 Å². The largest absolute Gasteiger partial charge is 0.343 e. The Bertz CT molecular complexity index is 966. The Morgan fingerprint density at radius 3 is 2.44 bits per heavy atom. The van der Waals surface area contributed by atoms with Gasteiger partial charge in [0.2, 0.25) is 11.6 Å². The minimum atomic E-state index is -0.816. The van der Waals surface area contributed by atoms with Gasteiger partial charge in [-0.15, -0.1) is 0 Å². The first-order chi connectivity index (χ1) is 15.7. The molecule has 4 nitrogen and oxygen atoms in total. The third-order valence-electron chi connectivity index (χ3n) is 9.57. The SMILES string of the molecule is C[C@]12CC(c3ccccc3)=C3[C@H]4CCCCC4=CC[C@H]3[C@@H]1CC13OCCOC12OCCO3. The second kappa shape index (κ2) is 7.02. The smallest absolute Gasteiger partial charge is 0.230 e. The molecule has 1 aromatic carbocycles. The van der Waals surface area contributed by atoms with Gasteiger partial charge in [0.05, 0.1) is 26.4 Å². The van der Waals surface area contributed by atoms with Crippen molar-refractivity contribution in [2.75, 3.05) is 26.4 Å².